The lowest BCUT2D eigenvalue weighted by atomic mass is 10.2. The molecule has 1 atom stereocenters. The van der Waals surface area contributed by atoms with Gasteiger partial charge in [-0.2, -0.15) is 0 Å². The highest BCUT2D eigenvalue weighted by atomic mass is 35.5. The summed E-state index contributed by atoms with van der Waals surface area (Å²) in [6, 6.07) is 0. The third-order valence-corrected chi connectivity index (χ3v) is 1.29. The van der Waals surface area contributed by atoms with Crippen molar-refractivity contribution in [3.05, 3.63) is 22.9 Å². The van der Waals surface area contributed by atoms with Crippen LogP contribution in [0.4, 0.5) is 0 Å². The van der Waals surface area contributed by atoms with Crippen LogP contribution in [0.2, 0.25) is 0 Å². The second kappa shape index (κ2) is 4.36. The average molecular weight is 162 g/mol. The summed E-state index contributed by atoms with van der Waals surface area (Å²) in [4.78, 5) is 0. The SMILES string of the molecule is C/C(=C\C=C(/N)Cl)C(C)O. The van der Waals surface area contributed by atoms with Gasteiger partial charge < -0.3 is 10.8 Å². The van der Waals surface area contributed by atoms with Crippen LogP contribution in [0.1, 0.15) is 13.8 Å². The van der Waals surface area contributed by atoms with Gasteiger partial charge in [0.05, 0.1) is 11.3 Å². The van der Waals surface area contributed by atoms with E-state index in [1.165, 1.54) is 0 Å². The van der Waals surface area contributed by atoms with E-state index in [-0.39, 0.29) is 5.16 Å². The van der Waals surface area contributed by atoms with Crippen LogP contribution >= 0.6 is 11.6 Å². The summed E-state index contributed by atoms with van der Waals surface area (Å²) in [5.74, 6) is 0. The van der Waals surface area contributed by atoms with Crippen LogP contribution in [-0.2, 0) is 0 Å². The molecule has 3 heteroatoms. The summed E-state index contributed by atoms with van der Waals surface area (Å²) in [6.45, 7) is 3.49. The molecule has 0 saturated carbocycles. The quantitative estimate of drug-likeness (QED) is 0.475. The molecule has 0 amide bonds. The maximum atomic E-state index is 8.95. The molecule has 1 unspecified atom stereocenters. The zero-order valence-corrected chi connectivity index (χ0v) is 6.89. The molecule has 0 rings (SSSR count). The van der Waals surface area contributed by atoms with Crippen molar-refractivity contribution in [3.63, 3.8) is 0 Å². The summed E-state index contributed by atoms with van der Waals surface area (Å²) < 4.78 is 0. The number of nitrogens with two attached hydrogens (primary N) is 1. The maximum absolute atomic E-state index is 8.95. The molecule has 0 aliphatic carbocycles. The first-order valence-corrected chi connectivity index (χ1v) is 3.39. The molecule has 0 radical (unpaired) electrons. The minimum absolute atomic E-state index is 0.222. The van der Waals surface area contributed by atoms with Crippen molar-refractivity contribution < 1.29 is 5.11 Å². The van der Waals surface area contributed by atoms with Crippen LogP contribution in [-0.4, -0.2) is 11.2 Å². The molecule has 0 spiro atoms. The number of aliphatic hydroxyl groups is 1. The van der Waals surface area contributed by atoms with E-state index in [9.17, 15) is 0 Å². The van der Waals surface area contributed by atoms with E-state index in [1.807, 2.05) is 0 Å². The Balaban J connectivity index is 4.05. The van der Waals surface area contributed by atoms with Crippen molar-refractivity contribution in [2.24, 2.45) is 5.73 Å². The van der Waals surface area contributed by atoms with E-state index in [2.05, 4.69) is 0 Å². The van der Waals surface area contributed by atoms with Crippen LogP contribution < -0.4 is 5.73 Å². The molecular formula is C7H12ClNO. The lowest BCUT2D eigenvalue weighted by Gasteiger charge is -2.00. The van der Waals surface area contributed by atoms with Gasteiger partial charge in [-0.25, -0.2) is 0 Å². The second-order valence-corrected chi connectivity index (χ2v) is 2.57. The van der Waals surface area contributed by atoms with Crippen molar-refractivity contribution in [2.45, 2.75) is 20.0 Å². The molecule has 0 aromatic rings. The van der Waals surface area contributed by atoms with Gasteiger partial charge in [-0.15, -0.1) is 0 Å². The number of hydrogen-bond acceptors (Lipinski definition) is 2. The average Bonchev–Trinajstić information content (AvgIpc) is 1.82. The van der Waals surface area contributed by atoms with Gasteiger partial charge in [0, 0.05) is 0 Å². The van der Waals surface area contributed by atoms with Gasteiger partial charge in [-0.05, 0) is 25.5 Å². The number of halogens is 1. The molecule has 58 valence electrons. The monoisotopic (exact) mass is 161 g/mol. The van der Waals surface area contributed by atoms with Crippen molar-refractivity contribution in [1.29, 1.82) is 0 Å². The van der Waals surface area contributed by atoms with E-state index in [4.69, 9.17) is 22.4 Å². The van der Waals surface area contributed by atoms with Crippen LogP contribution in [0.25, 0.3) is 0 Å². The van der Waals surface area contributed by atoms with Gasteiger partial charge in [0.1, 0.15) is 0 Å². The molecule has 2 nitrogen and oxygen atoms in total. The van der Waals surface area contributed by atoms with Crippen LogP contribution in [0.15, 0.2) is 22.9 Å². The molecule has 0 aliphatic rings. The smallest absolute Gasteiger partial charge is 0.0991 e. The zero-order valence-electron chi connectivity index (χ0n) is 6.13. The van der Waals surface area contributed by atoms with Crippen molar-refractivity contribution in [2.75, 3.05) is 0 Å². The molecule has 10 heavy (non-hydrogen) atoms. The Bertz CT molecular complexity index is 157. The van der Waals surface area contributed by atoms with Crippen LogP contribution in [0, 0.1) is 0 Å². The van der Waals surface area contributed by atoms with Gasteiger partial charge >= 0.3 is 0 Å². The normalized spacial score (nSPS) is 17.2. The highest BCUT2D eigenvalue weighted by Gasteiger charge is 1.94. The Morgan fingerprint density at radius 3 is 2.40 bits per heavy atom. The number of rotatable bonds is 2. The highest BCUT2D eigenvalue weighted by Crippen LogP contribution is 2.01. The fraction of sp³-hybridized carbons (Fsp3) is 0.429. The van der Waals surface area contributed by atoms with Crippen molar-refractivity contribution in [1.82, 2.24) is 0 Å². The first-order valence-electron chi connectivity index (χ1n) is 3.01. The Morgan fingerprint density at radius 2 is 2.10 bits per heavy atom. The van der Waals surface area contributed by atoms with E-state index in [1.54, 1.807) is 26.0 Å². The molecule has 0 heterocycles. The third-order valence-electron chi connectivity index (χ3n) is 1.16. The van der Waals surface area contributed by atoms with Crippen molar-refractivity contribution in [3.8, 4) is 0 Å². The molecule has 0 aromatic heterocycles. The molecule has 0 aliphatic heterocycles. The summed E-state index contributed by atoms with van der Waals surface area (Å²) in [5, 5.41) is 9.17. The minimum atomic E-state index is -0.438. The lowest BCUT2D eigenvalue weighted by Crippen LogP contribution is -2.00. The maximum Gasteiger partial charge on any atom is 0.0991 e. The second-order valence-electron chi connectivity index (χ2n) is 2.14. The highest BCUT2D eigenvalue weighted by molar-refractivity contribution is 6.29. The summed E-state index contributed by atoms with van der Waals surface area (Å²) in [5.41, 5.74) is 5.98. The first kappa shape index (κ1) is 9.53. The standard InChI is InChI=1S/C7H12ClNO/c1-5(6(2)10)3-4-7(8)9/h3-4,6,10H,9H2,1-2H3/b5-3+,7-4-. The predicted octanol–water partition coefficient (Wildman–Crippen LogP) is 1.35. The van der Waals surface area contributed by atoms with E-state index >= 15 is 0 Å². The summed E-state index contributed by atoms with van der Waals surface area (Å²) in [7, 11) is 0. The fourth-order valence-corrected chi connectivity index (χ4v) is 0.413. The number of allylic oxidation sites excluding steroid dienone is 2. The molecule has 3 N–H and O–H groups in total. The van der Waals surface area contributed by atoms with Gasteiger partial charge in [0.2, 0.25) is 0 Å². The van der Waals surface area contributed by atoms with Crippen molar-refractivity contribution >= 4 is 11.6 Å². The molecule has 0 aromatic carbocycles. The van der Waals surface area contributed by atoms with E-state index in [0.717, 1.165) is 5.57 Å². The number of hydrogen-bond donors (Lipinski definition) is 2. The van der Waals surface area contributed by atoms with Gasteiger partial charge in [0.15, 0.2) is 0 Å². The van der Waals surface area contributed by atoms with E-state index < -0.39 is 6.10 Å². The largest absolute Gasteiger partial charge is 0.389 e. The van der Waals surface area contributed by atoms with Crippen LogP contribution in [0.5, 0.6) is 0 Å². The van der Waals surface area contributed by atoms with E-state index in [0.29, 0.717) is 0 Å². The lowest BCUT2D eigenvalue weighted by molar-refractivity contribution is 0.231. The Morgan fingerprint density at radius 1 is 1.60 bits per heavy atom. The topological polar surface area (TPSA) is 46.2 Å². The summed E-state index contributed by atoms with van der Waals surface area (Å²) >= 11 is 5.34. The number of aliphatic hydroxyl groups excluding tert-OH is 1. The molecule has 0 bridgehead atoms. The van der Waals surface area contributed by atoms with Gasteiger partial charge in [-0.1, -0.05) is 17.7 Å². The first-order chi connectivity index (χ1) is 4.54. The summed E-state index contributed by atoms with van der Waals surface area (Å²) in [6.07, 6.45) is 2.80. The third kappa shape index (κ3) is 4.41. The Labute approximate surface area is 66.0 Å². The van der Waals surface area contributed by atoms with Gasteiger partial charge in [-0.3, -0.25) is 0 Å². The predicted molar refractivity (Wildman–Crippen MR) is 43.6 cm³/mol. The minimum Gasteiger partial charge on any atom is -0.389 e. The Kier molecular flexibility index (Phi) is 4.16. The Hall–Kier alpha value is -0.470. The fourth-order valence-electron chi connectivity index (χ4n) is 0.350. The van der Waals surface area contributed by atoms with Crippen LogP contribution in [0.3, 0.4) is 0 Å². The molecule has 0 fully saturated rings. The molecule has 0 saturated heterocycles. The van der Waals surface area contributed by atoms with Gasteiger partial charge in [0.25, 0.3) is 0 Å². The molecular weight excluding hydrogens is 150 g/mol. The zero-order chi connectivity index (χ0) is 8.15.